The molecule has 4 heteroatoms. The molecule has 0 bridgehead atoms. The van der Waals surface area contributed by atoms with Crippen molar-refractivity contribution in [1.82, 2.24) is 14.8 Å². The van der Waals surface area contributed by atoms with Crippen LogP contribution >= 0.6 is 0 Å². The average molecular weight is 299 g/mol. The van der Waals surface area contributed by atoms with E-state index in [1.807, 2.05) is 29.3 Å². The molecule has 0 aliphatic carbocycles. The number of carbonyl (C=O) groups excluding carboxylic acids is 1. The number of rotatable bonds is 4. The zero-order chi connectivity index (χ0) is 15.5. The first-order chi connectivity index (χ1) is 10.7. The molecule has 0 saturated carbocycles. The Hall–Kier alpha value is -1.81. The van der Waals surface area contributed by atoms with E-state index < -0.39 is 0 Å². The van der Waals surface area contributed by atoms with Crippen LogP contribution in [0.3, 0.4) is 0 Å². The molecule has 118 valence electrons. The van der Waals surface area contributed by atoms with Crippen molar-refractivity contribution >= 4 is 16.8 Å². The number of aromatic nitrogens is 1. The van der Waals surface area contributed by atoms with E-state index in [2.05, 4.69) is 29.8 Å². The Labute approximate surface area is 132 Å². The van der Waals surface area contributed by atoms with Crippen LogP contribution < -0.4 is 0 Å². The van der Waals surface area contributed by atoms with Gasteiger partial charge in [-0.2, -0.15) is 0 Å². The summed E-state index contributed by atoms with van der Waals surface area (Å²) in [6, 6.07) is 8.78. The fraction of sp³-hybridized carbons (Fsp3) is 0.500. The number of para-hydroxylation sites is 1. The van der Waals surface area contributed by atoms with Crippen molar-refractivity contribution < 1.29 is 4.79 Å². The molecule has 1 aliphatic heterocycles. The van der Waals surface area contributed by atoms with Crippen molar-refractivity contribution in [2.75, 3.05) is 26.2 Å². The number of piperazine rings is 1. The SMILES string of the molecule is CCC(C)N1CCN(C(=O)Cc2c[nH]c3ccccc23)CC1. The molecule has 2 heterocycles. The Bertz CT molecular complexity index is 641. The summed E-state index contributed by atoms with van der Waals surface area (Å²) >= 11 is 0. The van der Waals surface area contributed by atoms with Gasteiger partial charge in [-0.3, -0.25) is 9.69 Å². The van der Waals surface area contributed by atoms with Crippen LogP contribution in [0.5, 0.6) is 0 Å². The van der Waals surface area contributed by atoms with Crippen molar-refractivity contribution in [1.29, 1.82) is 0 Å². The lowest BCUT2D eigenvalue weighted by Gasteiger charge is -2.37. The van der Waals surface area contributed by atoms with Crippen LogP contribution in [0.25, 0.3) is 10.9 Å². The summed E-state index contributed by atoms with van der Waals surface area (Å²) < 4.78 is 0. The van der Waals surface area contributed by atoms with Gasteiger partial charge in [0.15, 0.2) is 0 Å². The summed E-state index contributed by atoms with van der Waals surface area (Å²) in [7, 11) is 0. The van der Waals surface area contributed by atoms with Gasteiger partial charge in [-0.05, 0) is 25.0 Å². The number of nitrogens with zero attached hydrogens (tertiary/aromatic N) is 2. The molecule has 1 aromatic carbocycles. The highest BCUT2D eigenvalue weighted by Crippen LogP contribution is 2.19. The largest absolute Gasteiger partial charge is 0.361 e. The standard InChI is InChI=1S/C18H25N3O/c1-3-14(2)20-8-10-21(11-9-20)18(22)12-15-13-19-17-7-5-4-6-16(15)17/h4-7,13-14,19H,3,8-12H2,1-2H3. The van der Waals surface area contributed by atoms with E-state index in [1.54, 1.807) is 0 Å². The van der Waals surface area contributed by atoms with Crippen LogP contribution in [0.1, 0.15) is 25.8 Å². The van der Waals surface area contributed by atoms with Crippen LogP contribution in [0, 0.1) is 0 Å². The number of carbonyl (C=O) groups is 1. The lowest BCUT2D eigenvalue weighted by Crippen LogP contribution is -2.51. The molecule has 1 amide bonds. The molecule has 1 saturated heterocycles. The van der Waals surface area contributed by atoms with Gasteiger partial charge in [0.2, 0.25) is 5.91 Å². The Balaban J connectivity index is 1.61. The number of aromatic amines is 1. The average Bonchev–Trinajstić information content (AvgIpc) is 2.97. The van der Waals surface area contributed by atoms with E-state index in [1.165, 1.54) is 6.42 Å². The first kappa shape index (κ1) is 15.1. The topological polar surface area (TPSA) is 39.3 Å². The molecule has 2 aromatic rings. The number of hydrogen-bond donors (Lipinski definition) is 1. The van der Waals surface area contributed by atoms with Gasteiger partial charge >= 0.3 is 0 Å². The van der Waals surface area contributed by atoms with E-state index in [4.69, 9.17) is 0 Å². The lowest BCUT2D eigenvalue weighted by molar-refractivity contribution is -0.132. The van der Waals surface area contributed by atoms with Crippen molar-refractivity contribution in [2.45, 2.75) is 32.7 Å². The van der Waals surface area contributed by atoms with Crippen LogP contribution in [0.15, 0.2) is 30.5 Å². The summed E-state index contributed by atoms with van der Waals surface area (Å²) in [5.41, 5.74) is 2.21. The minimum atomic E-state index is 0.244. The van der Waals surface area contributed by atoms with E-state index in [0.29, 0.717) is 12.5 Å². The minimum absolute atomic E-state index is 0.244. The summed E-state index contributed by atoms with van der Waals surface area (Å²) in [6.07, 6.45) is 3.63. The van der Waals surface area contributed by atoms with Crippen molar-refractivity contribution in [3.63, 3.8) is 0 Å². The van der Waals surface area contributed by atoms with Crippen molar-refractivity contribution in [3.05, 3.63) is 36.0 Å². The fourth-order valence-electron chi connectivity index (χ4n) is 3.22. The maximum atomic E-state index is 12.5. The van der Waals surface area contributed by atoms with E-state index in [9.17, 15) is 4.79 Å². The number of nitrogens with one attached hydrogen (secondary N) is 1. The summed E-state index contributed by atoms with van der Waals surface area (Å²) in [6.45, 7) is 8.18. The minimum Gasteiger partial charge on any atom is -0.361 e. The number of fused-ring (bicyclic) bond motifs is 1. The van der Waals surface area contributed by atoms with Gasteiger partial charge in [0.1, 0.15) is 0 Å². The second kappa shape index (κ2) is 6.53. The number of H-pyrrole nitrogens is 1. The Morgan fingerprint density at radius 2 is 1.95 bits per heavy atom. The monoisotopic (exact) mass is 299 g/mol. The third kappa shape index (κ3) is 3.02. The van der Waals surface area contributed by atoms with E-state index in [0.717, 1.165) is 42.6 Å². The molecule has 1 N–H and O–H groups in total. The van der Waals surface area contributed by atoms with Gasteiger partial charge in [0.05, 0.1) is 6.42 Å². The smallest absolute Gasteiger partial charge is 0.227 e. The molecule has 22 heavy (non-hydrogen) atoms. The highest BCUT2D eigenvalue weighted by molar-refractivity contribution is 5.88. The molecular weight excluding hydrogens is 274 g/mol. The molecule has 0 radical (unpaired) electrons. The van der Waals surface area contributed by atoms with Crippen molar-refractivity contribution in [2.24, 2.45) is 0 Å². The second-order valence-corrected chi connectivity index (χ2v) is 6.21. The summed E-state index contributed by atoms with van der Waals surface area (Å²) in [5, 5.41) is 1.16. The fourth-order valence-corrected chi connectivity index (χ4v) is 3.22. The van der Waals surface area contributed by atoms with E-state index in [-0.39, 0.29) is 5.91 Å². The van der Waals surface area contributed by atoms with Gasteiger partial charge in [-0.15, -0.1) is 0 Å². The predicted octanol–water partition coefficient (Wildman–Crippen LogP) is 2.65. The highest BCUT2D eigenvalue weighted by Gasteiger charge is 2.23. The summed E-state index contributed by atoms with van der Waals surface area (Å²) in [5.74, 6) is 0.244. The third-order valence-electron chi connectivity index (χ3n) is 4.90. The normalized spacial score (nSPS) is 17.8. The van der Waals surface area contributed by atoms with E-state index >= 15 is 0 Å². The van der Waals surface area contributed by atoms with Gasteiger partial charge in [0, 0.05) is 49.3 Å². The lowest BCUT2D eigenvalue weighted by atomic mass is 10.1. The van der Waals surface area contributed by atoms with Gasteiger partial charge < -0.3 is 9.88 Å². The predicted molar refractivity (Wildman–Crippen MR) is 89.9 cm³/mol. The van der Waals surface area contributed by atoms with Crippen LogP contribution in [0.2, 0.25) is 0 Å². The highest BCUT2D eigenvalue weighted by atomic mass is 16.2. The number of benzene rings is 1. The Kier molecular flexibility index (Phi) is 4.48. The molecule has 1 aliphatic rings. The molecule has 4 nitrogen and oxygen atoms in total. The Morgan fingerprint density at radius 3 is 2.68 bits per heavy atom. The first-order valence-electron chi connectivity index (χ1n) is 8.26. The Morgan fingerprint density at radius 1 is 1.23 bits per heavy atom. The maximum absolute atomic E-state index is 12.5. The third-order valence-corrected chi connectivity index (χ3v) is 4.90. The molecule has 3 rings (SSSR count). The van der Waals surface area contributed by atoms with Crippen LogP contribution in [-0.4, -0.2) is 52.9 Å². The maximum Gasteiger partial charge on any atom is 0.227 e. The summed E-state index contributed by atoms with van der Waals surface area (Å²) in [4.78, 5) is 20.3. The van der Waals surface area contributed by atoms with Gasteiger partial charge in [0.25, 0.3) is 0 Å². The van der Waals surface area contributed by atoms with Crippen molar-refractivity contribution in [3.8, 4) is 0 Å². The number of amides is 1. The first-order valence-corrected chi connectivity index (χ1v) is 8.26. The second-order valence-electron chi connectivity index (χ2n) is 6.21. The quantitative estimate of drug-likeness (QED) is 0.942. The molecule has 1 aromatic heterocycles. The zero-order valence-corrected chi connectivity index (χ0v) is 13.5. The van der Waals surface area contributed by atoms with Crippen LogP contribution in [0.4, 0.5) is 0 Å². The van der Waals surface area contributed by atoms with Gasteiger partial charge in [-0.1, -0.05) is 25.1 Å². The molecule has 1 fully saturated rings. The molecular formula is C18H25N3O. The van der Waals surface area contributed by atoms with Crippen LogP contribution in [-0.2, 0) is 11.2 Å². The van der Waals surface area contributed by atoms with Gasteiger partial charge in [-0.25, -0.2) is 0 Å². The molecule has 0 spiro atoms. The molecule has 1 atom stereocenters. The molecule has 1 unspecified atom stereocenters. The number of hydrogen-bond acceptors (Lipinski definition) is 2. The zero-order valence-electron chi connectivity index (χ0n) is 13.5.